The van der Waals surface area contributed by atoms with Crippen molar-refractivity contribution in [1.29, 1.82) is 0 Å². The largest absolute Gasteiger partial charge is 0.454 e. The topological polar surface area (TPSA) is 47.6 Å². The van der Waals surface area contributed by atoms with E-state index >= 15 is 0 Å². The lowest BCUT2D eigenvalue weighted by atomic mass is 10.2. The van der Waals surface area contributed by atoms with Gasteiger partial charge in [-0.05, 0) is 18.6 Å². The average molecular weight is 211 g/mol. The molecular weight excluding hydrogens is 202 g/mol. The number of nitrogens with one attached hydrogen (secondary N) is 1. The molecule has 0 saturated heterocycles. The third kappa shape index (κ3) is 1.63. The molecule has 5 heteroatoms. The molecule has 74 valence electrons. The predicted octanol–water partition coefficient (Wildman–Crippen LogP) is 2.19. The van der Waals surface area contributed by atoms with Gasteiger partial charge in [0.25, 0.3) is 5.24 Å². The van der Waals surface area contributed by atoms with Crippen molar-refractivity contribution in [2.75, 3.05) is 12.1 Å². The maximum Gasteiger partial charge on any atom is 0.280 e. The first-order valence-corrected chi connectivity index (χ1v) is 4.52. The molecule has 0 aromatic heterocycles. The van der Waals surface area contributed by atoms with E-state index in [9.17, 15) is 4.79 Å². The number of benzene rings is 1. The Balaban J connectivity index is 2.37. The predicted molar refractivity (Wildman–Crippen MR) is 55.3 cm³/mol. The van der Waals surface area contributed by atoms with Gasteiger partial charge in [-0.15, -0.1) is 0 Å². The van der Waals surface area contributed by atoms with Crippen LogP contribution in [0.2, 0.25) is 0 Å². The number of ether oxygens (including phenoxy) is 2. The van der Waals surface area contributed by atoms with Crippen LogP contribution in [0.1, 0.15) is 5.56 Å². The third-order valence-corrected chi connectivity index (χ3v) is 2.07. The van der Waals surface area contributed by atoms with Gasteiger partial charge in [0.1, 0.15) is 0 Å². The van der Waals surface area contributed by atoms with Crippen LogP contribution >= 0.6 is 12.6 Å². The Morgan fingerprint density at radius 3 is 2.71 bits per heavy atom. The van der Waals surface area contributed by atoms with Crippen LogP contribution in [-0.4, -0.2) is 12.0 Å². The fourth-order valence-corrected chi connectivity index (χ4v) is 1.41. The fourth-order valence-electron chi connectivity index (χ4n) is 1.29. The van der Waals surface area contributed by atoms with Gasteiger partial charge in [0.15, 0.2) is 11.5 Å². The van der Waals surface area contributed by atoms with Crippen molar-refractivity contribution < 1.29 is 14.3 Å². The Hall–Kier alpha value is -1.36. The highest BCUT2D eigenvalue weighted by Gasteiger charge is 2.15. The maximum atomic E-state index is 10.7. The first-order valence-electron chi connectivity index (χ1n) is 4.07. The minimum absolute atomic E-state index is 0.229. The molecule has 14 heavy (non-hydrogen) atoms. The summed E-state index contributed by atoms with van der Waals surface area (Å²) in [4.78, 5) is 10.7. The molecule has 1 aliphatic heterocycles. The van der Waals surface area contributed by atoms with E-state index in [0.29, 0.717) is 17.2 Å². The van der Waals surface area contributed by atoms with Crippen molar-refractivity contribution >= 4 is 23.6 Å². The number of thiol groups is 1. The van der Waals surface area contributed by atoms with Crippen LogP contribution in [0.3, 0.4) is 0 Å². The molecule has 1 aliphatic rings. The SMILES string of the molecule is Cc1cc2c(cc1NC(=O)S)OCO2. The summed E-state index contributed by atoms with van der Waals surface area (Å²) in [6, 6.07) is 3.55. The van der Waals surface area contributed by atoms with E-state index in [4.69, 9.17) is 9.47 Å². The highest BCUT2D eigenvalue weighted by Crippen LogP contribution is 2.36. The molecule has 1 amide bonds. The Morgan fingerprint density at radius 2 is 2.07 bits per heavy atom. The Bertz CT molecular complexity index is 392. The van der Waals surface area contributed by atoms with E-state index in [1.165, 1.54) is 0 Å². The number of amides is 1. The van der Waals surface area contributed by atoms with Crippen LogP contribution in [0.5, 0.6) is 11.5 Å². The summed E-state index contributed by atoms with van der Waals surface area (Å²) in [5, 5.41) is 2.20. The molecule has 0 bridgehead atoms. The highest BCUT2D eigenvalue weighted by atomic mass is 32.1. The van der Waals surface area contributed by atoms with E-state index in [0.717, 1.165) is 5.56 Å². The number of hydrogen-bond donors (Lipinski definition) is 2. The lowest BCUT2D eigenvalue weighted by Gasteiger charge is -2.06. The first-order chi connectivity index (χ1) is 6.66. The lowest BCUT2D eigenvalue weighted by molar-refractivity contribution is 0.174. The van der Waals surface area contributed by atoms with Crippen molar-refractivity contribution in [2.24, 2.45) is 0 Å². The van der Waals surface area contributed by atoms with Crippen molar-refractivity contribution in [3.63, 3.8) is 0 Å². The smallest absolute Gasteiger partial charge is 0.280 e. The molecule has 0 unspecified atom stereocenters. The molecule has 1 heterocycles. The highest BCUT2D eigenvalue weighted by molar-refractivity contribution is 7.96. The Morgan fingerprint density at radius 1 is 1.43 bits per heavy atom. The number of anilines is 1. The minimum atomic E-state index is -0.396. The van der Waals surface area contributed by atoms with Crippen molar-refractivity contribution in [3.8, 4) is 11.5 Å². The zero-order valence-electron chi connectivity index (χ0n) is 7.53. The summed E-state index contributed by atoms with van der Waals surface area (Å²) >= 11 is 3.64. The van der Waals surface area contributed by atoms with Crippen LogP contribution in [0.15, 0.2) is 12.1 Å². The van der Waals surface area contributed by atoms with E-state index in [1.54, 1.807) is 6.07 Å². The molecule has 1 aromatic rings. The van der Waals surface area contributed by atoms with Crippen molar-refractivity contribution in [2.45, 2.75) is 6.92 Å². The number of fused-ring (bicyclic) bond motifs is 1. The van der Waals surface area contributed by atoms with Gasteiger partial charge in [-0.25, -0.2) is 0 Å². The summed E-state index contributed by atoms with van der Waals surface area (Å²) in [5.74, 6) is 1.35. The molecule has 0 fully saturated rings. The summed E-state index contributed by atoms with van der Waals surface area (Å²) < 4.78 is 10.4. The zero-order valence-corrected chi connectivity index (χ0v) is 8.43. The molecule has 2 rings (SSSR count). The third-order valence-electron chi connectivity index (χ3n) is 1.96. The molecular formula is C9H9NO3S. The van der Waals surface area contributed by atoms with Crippen molar-refractivity contribution in [3.05, 3.63) is 17.7 Å². The second kappa shape index (κ2) is 3.42. The molecule has 4 nitrogen and oxygen atoms in total. The van der Waals surface area contributed by atoms with Crippen molar-refractivity contribution in [1.82, 2.24) is 0 Å². The van der Waals surface area contributed by atoms with Gasteiger partial charge in [-0.1, -0.05) is 12.6 Å². The average Bonchev–Trinajstić information content (AvgIpc) is 2.51. The summed E-state index contributed by atoms with van der Waals surface area (Å²) in [5.41, 5.74) is 1.60. The maximum absolute atomic E-state index is 10.7. The van der Waals surface area contributed by atoms with E-state index in [1.807, 2.05) is 13.0 Å². The second-order valence-corrected chi connectivity index (χ2v) is 3.36. The lowest BCUT2D eigenvalue weighted by Crippen LogP contribution is -2.02. The second-order valence-electron chi connectivity index (χ2n) is 2.95. The Labute approximate surface area is 86.6 Å². The van der Waals surface area contributed by atoms with Crippen LogP contribution in [0.4, 0.5) is 10.5 Å². The quantitative estimate of drug-likeness (QED) is 0.700. The van der Waals surface area contributed by atoms with Gasteiger partial charge in [0, 0.05) is 11.8 Å². The molecule has 0 atom stereocenters. The number of rotatable bonds is 1. The zero-order chi connectivity index (χ0) is 10.1. The van der Waals surface area contributed by atoms with Crippen LogP contribution < -0.4 is 14.8 Å². The number of carbonyl (C=O) groups is 1. The first kappa shape index (κ1) is 9.21. The van der Waals surface area contributed by atoms with E-state index in [-0.39, 0.29) is 6.79 Å². The van der Waals surface area contributed by atoms with Gasteiger partial charge in [-0.2, -0.15) is 0 Å². The molecule has 0 saturated carbocycles. The summed E-state index contributed by atoms with van der Waals surface area (Å²) in [6.07, 6.45) is 0. The monoisotopic (exact) mass is 211 g/mol. The number of hydrogen-bond acceptors (Lipinski definition) is 3. The van der Waals surface area contributed by atoms with E-state index in [2.05, 4.69) is 17.9 Å². The fraction of sp³-hybridized carbons (Fsp3) is 0.222. The van der Waals surface area contributed by atoms with Gasteiger partial charge < -0.3 is 14.8 Å². The van der Waals surface area contributed by atoms with Crippen LogP contribution in [0.25, 0.3) is 0 Å². The van der Waals surface area contributed by atoms with Crippen LogP contribution in [-0.2, 0) is 0 Å². The van der Waals surface area contributed by atoms with Gasteiger partial charge in [0.2, 0.25) is 6.79 Å². The summed E-state index contributed by atoms with van der Waals surface area (Å²) in [7, 11) is 0. The van der Waals surface area contributed by atoms with Crippen LogP contribution in [0, 0.1) is 6.92 Å². The molecule has 0 spiro atoms. The minimum Gasteiger partial charge on any atom is -0.454 e. The Kier molecular flexibility index (Phi) is 2.25. The standard InChI is InChI=1S/C9H9NO3S/c1-5-2-7-8(13-4-12-7)3-6(5)10-9(11)14/h2-3H,4H2,1H3,(H2,10,11,14). The van der Waals surface area contributed by atoms with Gasteiger partial charge in [-0.3, -0.25) is 4.79 Å². The molecule has 1 N–H and O–H groups in total. The van der Waals surface area contributed by atoms with Gasteiger partial charge in [0.05, 0.1) is 0 Å². The number of carbonyl (C=O) groups excluding carboxylic acids is 1. The molecule has 1 aromatic carbocycles. The molecule has 0 aliphatic carbocycles. The normalized spacial score (nSPS) is 12.7. The summed E-state index contributed by atoms with van der Waals surface area (Å²) in [6.45, 7) is 2.11. The van der Waals surface area contributed by atoms with Gasteiger partial charge >= 0.3 is 0 Å². The van der Waals surface area contributed by atoms with E-state index < -0.39 is 5.24 Å². The molecule has 0 radical (unpaired) electrons. The number of aryl methyl sites for hydroxylation is 1.